The zero-order valence-corrected chi connectivity index (χ0v) is 44.5. The predicted molar refractivity (Wildman–Crippen MR) is 254 cm³/mol. The van der Waals surface area contributed by atoms with E-state index in [4.69, 9.17) is 61.6 Å². The lowest BCUT2D eigenvalue weighted by Gasteiger charge is -2.51. The Bertz CT molecular complexity index is 2040. The summed E-state index contributed by atoms with van der Waals surface area (Å²) in [6.45, 7) is -2.69. The van der Waals surface area contributed by atoms with Crippen molar-refractivity contribution in [3.05, 3.63) is 0 Å². The highest BCUT2D eigenvalue weighted by atomic mass is 16.8. The number of carbonyl (C=O) groups excluding carboxylic acids is 2. The van der Waals surface area contributed by atoms with Gasteiger partial charge in [0.15, 0.2) is 44.0 Å². The van der Waals surface area contributed by atoms with Crippen molar-refractivity contribution in [2.24, 2.45) is 0 Å². The van der Waals surface area contributed by atoms with Crippen LogP contribution in [0.15, 0.2) is 0 Å². The maximum absolute atomic E-state index is 13.0. The van der Waals surface area contributed by atoms with Crippen molar-refractivity contribution in [3.63, 3.8) is 0 Å². The largest absolute Gasteiger partial charge is 0.394 e. The Hall–Kier alpha value is -2.38. The molecule has 7 saturated heterocycles. The molecule has 482 valence electrons. The number of aliphatic hydroxyl groups is 20. The Kier molecular flexibility index (Phi) is 24.0. The number of nitrogens with one attached hydrogen (secondary N) is 2. The minimum Gasteiger partial charge on any atom is -0.394 e. The van der Waals surface area contributed by atoms with Crippen molar-refractivity contribution >= 4 is 11.8 Å². The van der Waals surface area contributed by atoms with Gasteiger partial charge in [0.05, 0.1) is 45.7 Å². The summed E-state index contributed by atoms with van der Waals surface area (Å²) in [5, 5.41) is 220. The Labute approximate surface area is 470 Å². The third kappa shape index (κ3) is 14.7. The van der Waals surface area contributed by atoms with Crippen LogP contribution in [0.3, 0.4) is 0 Å². The van der Waals surface area contributed by atoms with E-state index in [9.17, 15) is 112 Å². The van der Waals surface area contributed by atoms with Crippen LogP contribution in [-0.4, -0.2) is 368 Å². The van der Waals surface area contributed by atoms with Crippen molar-refractivity contribution in [1.29, 1.82) is 0 Å². The first-order valence-electron chi connectivity index (χ1n) is 26.5. The summed E-state index contributed by atoms with van der Waals surface area (Å²) < 4.78 is 75.3. The summed E-state index contributed by atoms with van der Waals surface area (Å²) in [5.41, 5.74) is 0. The summed E-state index contributed by atoms with van der Waals surface area (Å²) in [7, 11) is 0. The second-order valence-corrected chi connectivity index (χ2v) is 21.1. The van der Waals surface area contributed by atoms with Crippen LogP contribution in [0.1, 0.15) is 20.8 Å². The maximum Gasteiger partial charge on any atom is 0.217 e. The van der Waals surface area contributed by atoms with E-state index < -0.39 is 266 Å². The zero-order chi connectivity index (χ0) is 61.2. The van der Waals surface area contributed by atoms with Crippen LogP contribution in [0.5, 0.6) is 0 Å². The van der Waals surface area contributed by atoms with E-state index in [0.29, 0.717) is 0 Å². The van der Waals surface area contributed by atoms with Crippen LogP contribution in [0.2, 0.25) is 0 Å². The quantitative estimate of drug-likeness (QED) is 0.0538. The van der Waals surface area contributed by atoms with Gasteiger partial charge in [0.2, 0.25) is 11.8 Å². The Balaban J connectivity index is 1.19. The topological polar surface area (TPSA) is 583 Å². The van der Waals surface area contributed by atoms with E-state index in [1.807, 2.05) is 0 Å². The highest BCUT2D eigenvalue weighted by Crippen LogP contribution is 2.38. The molecule has 0 saturated carbocycles. The normalized spacial score (nSPS) is 50.8. The first-order valence-corrected chi connectivity index (χ1v) is 26.5. The molecule has 0 aromatic carbocycles. The molecule has 7 fully saturated rings. The molecule has 7 aliphatic rings. The standard InChI is InChI=1S/C46H78N2O35/c1-10-21(56)27(62)32(67)43(72-10)83-39-29(64)23(58)14(5-50)76-46(39)81-37-20(48-12(3)55)42(74-15(6-51)24(37)59)82-38-25(60)18(78-45(34(38)69)80-36-16(7-52)73-40(70)31(66)30(36)65)9-71-41-19(47-11(2)54)26(61)35(17(8-53)77-41)79-44-33(68)28(63)22(57)13(4-49)75-44/h10,13-46,49-53,56-70H,4-9H2,1-3H3,(H,47,54)(H,48,55)/t10-,13+,14+,15+,16+,17+,18+,19+,20+,21+,22-,23-,24+,25-,26+,27+,28-,29-,30+,31+,32-,33+,34+,35+,36+,37+,38-,39+,40+,41+,42-,43-,44-,45-,46-/m0/s1. The molecule has 22 N–H and O–H groups in total. The Morgan fingerprint density at radius 2 is 0.735 bits per heavy atom. The van der Waals surface area contributed by atoms with Crippen LogP contribution >= 0.6 is 0 Å². The maximum atomic E-state index is 13.0. The molecule has 37 nitrogen and oxygen atoms in total. The van der Waals surface area contributed by atoms with Gasteiger partial charge in [0, 0.05) is 13.8 Å². The molecule has 7 rings (SSSR count). The van der Waals surface area contributed by atoms with Crippen LogP contribution in [0.25, 0.3) is 0 Å². The zero-order valence-electron chi connectivity index (χ0n) is 44.5. The van der Waals surface area contributed by atoms with E-state index in [1.165, 1.54) is 6.92 Å². The first-order chi connectivity index (χ1) is 39.2. The Morgan fingerprint density at radius 3 is 1.31 bits per heavy atom. The van der Waals surface area contributed by atoms with Crippen molar-refractivity contribution in [2.45, 2.75) is 236 Å². The van der Waals surface area contributed by atoms with E-state index in [2.05, 4.69) is 10.6 Å². The second-order valence-electron chi connectivity index (χ2n) is 21.1. The molecule has 37 heteroatoms. The predicted octanol–water partition coefficient (Wildman–Crippen LogP) is -15.0. The summed E-state index contributed by atoms with van der Waals surface area (Å²) in [6.07, 6.45) is -63.7. The summed E-state index contributed by atoms with van der Waals surface area (Å²) in [6, 6.07) is -3.61. The van der Waals surface area contributed by atoms with Gasteiger partial charge in [-0.15, -0.1) is 0 Å². The van der Waals surface area contributed by atoms with E-state index in [0.717, 1.165) is 13.8 Å². The van der Waals surface area contributed by atoms with Gasteiger partial charge in [-0.3, -0.25) is 9.59 Å². The molecule has 0 bridgehead atoms. The molecule has 0 radical (unpaired) electrons. The van der Waals surface area contributed by atoms with Crippen molar-refractivity contribution in [3.8, 4) is 0 Å². The van der Waals surface area contributed by atoms with Gasteiger partial charge in [0.25, 0.3) is 0 Å². The number of hydrogen-bond donors (Lipinski definition) is 22. The number of hydrogen-bond acceptors (Lipinski definition) is 35. The van der Waals surface area contributed by atoms with Crippen LogP contribution < -0.4 is 10.6 Å². The molecule has 0 unspecified atom stereocenters. The summed E-state index contributed by atoms with van der Waals surface area (Å²) in [4.78, 5) is 25.6. The van der Waals surface area contributed by atoms with E-state index in [-0.39, 0.29) is 0 Å². The molecular formula is C46H78N2O35. The third-order valence-corrected chi connectivity index (χ3v) is 15.3. The SMILES string of the molecule is CC(=O)N[C@H]1[C@H](OC[C@H]2O[C@@H](O[C@H]3[C@H](O)[C@@H](O)[C@H](O)O[C@@H]3CO)[C@H](O)[C@@H](O[C@@H]3O[C@H](CO)[C@@H](O)[C@H](O[C@@H]4O[C@H](CO)[C@H](O)[C@H](O)[C@H]4O[C@@H]4O[C@@H](C)[C@@H](O)[C@@H](O)[C@@H]4O)[C@H]3NC(C)=O)[C@H]2O)O[C@H](CO)[C@@H](O[C@@H]2O[C@H](CO)[C@H](O)[C@H](O)[C@H]2O)[C@@H]1O. The minimum atomic E-state index is -2.34. The average molecular weight is 1220 g/mol. The lowest BCUT2D eigenvalue weighted by Crippen LogP contribution is -2.70. The van der Waals surface area contributed by atoms with Gasteiger partial charge < -0.3 is 174 Å². The summed E-state index contributed by atoms with van der Waals surface area (Å²) >= 11 is 0. The summed E-state index contributed by atoms with van der Waals surface area (Å²) in [5.74, 6) is -1.76. The van der Waals surface area contributed by atoms with Crippen LogP contribution in [0, 0.1) is 0 Å². The van der Waals surface area contributed by atoms with E-state index in [1.54, 1.807) is 0 Å². The van der Waals surface area contributed by atoms with Crippen molar-refractivity contribution in [1.82, 2.24) is 10.6 Å². The van der Waals surface area contributed by atoms with Gasteiger partial charge >= 0.3 is 0 Å². The Morgan fingerprint density at radius 1 is 0.337 bits per heavy atom. The van der Waals surface area contributed by atoms with Crippen molar-refractivity contribution in [2.75, 3.05) is 39.6 Å². The number of rotatable bonds is 20. The molecule has 0 spiro atoms. The fourth-order valence-corrected chi connectivity index (χ4v) is 10.6. The highest BCUT2D eigenvalue weighted by Gasteiger charge is 2.59. The van der Waals surface area contributed by atoms with Crippen LogP contribution in [0.4, 0.5) is 0 Å². The number of amides is 2. The lowest BCUT2D eigenvalue weighted by atomic mass is 9.94. The fraction of sp³-hybridized carbons (Fsp3) is 0.957. The van der Waals surface area contributed by atoms with Gasteiger partial charge in [-0.25, -0.2) is 0 Å². The average Bonchev–Trinajstić information content (AvgIpc) is 2.50. The molecule has 0 aromatic rings. The molecule has 2 amide bonds. The molecule has 7 heterocycles. The van der Waals surface area contributed by atoms with Gasteiger partial charge in [-0.1, -0.05) is 0 Å². The molecule has 7 aliphatic heterocycles. The molecule has 83 heavy (non-hydrogen) atoms. The molecule has 35 atom stereocenters. The first kappa shape index (κ1) is 68.1. The van der Waals surface area contributed by atoms with Crippen molar-refractivity contribution < 1.29 is 173 Å². The van der Waals surface area contributed by atoms with Gasteiger partial charge in [-0.05, 0) is 6.92 Å². The molecular weight excluding hydrogens is 1140 g/mol. The van der Waals surface area contributed by atoms with Gasteiger partial charge in [-0.2, -0.15) is 0 Å². The second kappa shape index (κ2) is 29.3. The number of aliphatic hydroxyl groups excluding tert-OH is 20. The highest BCUT2D eigenvalue weighted by molar-refractivity contribution is 5.73. The smallest absolute Gasteiger partial charge is 0.217 e. The van der Waals surface area contributed by atoms with E-state index >= 15 is 0 Å². The van der Waals surface area contributed by atoms with Crippen LogP contribution in [-0.2, 0) is 71.2 Å². The van der Waals surface area contributed by atoms with Gasteiger partial charge in [0.1, 0.15) is 165 Å². The molecule has 0 aromatic heterocycles. The number of carbonyl (C=O) groups is 2. The number of ether oxygens (including phenoxy) is 13. The molecule has 0 aliphatic carbocycles. The lowest BCUT2D eigenvalue weighted by molar-refractivity contribution is -0.391. The minimum absolute atomic E-state index is 0.833. The third-order valence-electron chi connectivity index (χ3n) is 15.3. The monoisotopic (exact) mass is 1220 g/mol. The fourth-order valence-electron chi connectivity index (χ4n) is 10.6.